The van der Waals surface area contributed by atoms with Crippen molar-refractivity contribution in [1.29, 1.82) is 0 Å². The summed E-state index contributed by atoms with van der Waals surface area (Å²) < 4.78 is 0. The van der Waals surface area contributed by atoms with E-state index < -0.39 is 6.04 Å². The molecule has 6 heteroatoms. The molecule has 0 bridgehead atoms. The van der Waals surface area contributed by atoms with Gasteiger partial charge < -0.3 is 10.2 Å². The van der Waals surface area contributed by atoms with Crippen LogP contribution in [0.3, 0.4) is 0 Å². The molecular weight excluding hydrogens is 256 g/mol. The van der Waals surface area contributed by atoms with Gasteiger partial charge in [-0.15, -0.1) is 11.3 Å². The summed E-state index contributed by atoms with van der Waals surface area (Å²) in [6, 6.07) is 3.37. The van der Waals surface area contributed by atoms with Crippen LogP contribution < -0.4 is 5.32 Å². The van der Waals surface area contributed by atoms with Gasteiger partial charge >= 0.3 is 0 Å². The molecule has 17 heavy (non-hydrogen) atoms. The molecule has 0 aliphatic carbocycles. The lowest BCUT2D eigenvalue weighted by atomic mass is 10.2. The summed E-state index contributed by atoms with van der Waals surface area (Å²) in [5.74, 6) is -0.0433. The van der Waals surface area contributed by atoms with Crippen LogP contribution in [0.1, 0.15) is 11.8 Å². The first-order valence-electron chi connectivity index (χ1n) is 5.20. The highest BCUT2D eigenvalue weighted by Gasteiger charge is 2.21. The number of nitrogens with one attached hydrogen (secondary N) is 1. The van der Waals surface area contributed by atoms with Crippen LogP contribution in [0.25, 0.3) is 0 Å². The Hall–Kier alpha value is -1.01. The van der Waals surface area contributed by atoms with Crippen molar-refractivity contribution >= 4 is 35.8 Å². The van der Waals surface area contributed by atoms with Gasteiger partial charge in [-0.3, -0.25) is 9.59 Å². The molecule has 4 nitrogen and oxygen atoms in total. The number of carbonyl (C=O) groups excluding carboxylic acids is 2. The van der Waals surface area contributed by atoms with Crippen molar-refractivity contribution in [1.82, 2.24) is 10.2 Å². The van der Waals surface area contributed by atoms with Gasteiger partial charge in [0, 0.05) is 24.6 Å². The second-order valence-corrected chi connectivity index (χ2v) is 5.11. The minimum atomic E-state index is -0.555. The maximum atomic E-state index is 12.0. The molecule has 0 radical (unpaired) electrons. The van der Waals surface area contributed by atoms with Gasteiger partial charge in [0.15, 0.2) is 0 Å². The summed E-state index contributed by atoms with van der Waals surface area (Å²) in [6.07, 6.45) is 0. The first kappa shape index (κ1) is 14.1. The number of rotatable bonds is 5. The molecule has 0 aliphatic heterocycles. The minimum absolute atomic E-state index is 0.122. The van der Waals surface area contributed by atoms with Gasteiger partial charge in [-0.2, -0.15) is 12.6 Å². The first-order chi connectivity index (χ1) is 8.04. The van der Waals surface area contributed by atoms with Crippen LogP contribution in [0.15, 0.2) is 17.5 Å². The van der Waals surface area contributed by atoms with Crippen LogP contribution in [0.2, 0.25) is 0 Å². The highest BCUT2D eigenvalue weighted by molar-refractivity contribution is 7.80. The second kappa shape index (κ2) is 6.66. The molecule has 0 fully saturated rings. The van der Waals surface area contributed by atoms with E-state index in [0.29, 0.717) is 12.3 Å². The number of carbonyl (C=O) groups is 2. The molecule has 0 aromatic carbocycles. The molecule has 1 rings (SSSR count). The molecule has 1 aromatic rings. The zero-order valence-electron chi connectivity index (χ0n) is 9.84. The Balaban J connectivity index is 2.57. The highest BCUT2D eigenvalue weighted by Crippen LogP contribution is 2.11. The van der Waals surface area contributed by atoms with Gasteiger partial charge in [0.05, 0.1) is 6.54 Å². The monoisotopic (exact) mass is 272 g/mol. The van der Waals surface area contributed by atoms with Crippen molar-refractivity contribution in [3.8, 4) is 0 Å². The van der Waals surface area contributed by atoms with Gasteiger partial charge in [-0.1, -0.05) is 6.07 Å². The van der Waals surface area contributed by atoms with E-state index in [0.717, 1.165) is 4.88 Å². The summed E-state index contributed by atoms with van der Waals surface area (Å²) in [5.41, 5.74) is 0. The van der Waals surface area contributed by atoms with E-state index in [9.17, 15) is 9.59 Å². The number of hydrogen-bond donors (Lipinski definition) is 2. The predicted molar refractivity (Wildman–Crippen MR) is 72.3 cm³/mol. The van der Waals surface area contributed by atoms with Crippen molar-refractivity contribution < 1.29 is 9.59 Å². The van der Waals surface area contributed by atoms with Gasteiger partial charge in [-0.25, -0.2) is 0 Å². The van der Waals surface area contributed by atoms with Crippen LogP contribution in [-0.2, 0) is 16.1 Å². The van der Waals surface area contributed by atoms with E-state index in [4.69, 9.17) is 0 Å². The van der Waals surface area contributed by atoms with Crippen LogP contribution >= 0.6 is 24.0 Å². The molecule has 1 atom stereocenters. The highest BCUT2D eigenvalue weighted by atomic mass is 32.1. The zero-order chi connectivity index (χ0) is 12.8. The normalized spacial score (nSPS) is 11.9. The third-order valence-corrected chi connectivity index (χ3v) is 3.43. The Kier molecular flexibility index (Phi) is 5.50. The Morgan fingerprint density at radius 1 is 1.59 bits per heavy atom. The number of likely N-dealkylation sites (N-methyl/N-ethyl adjacent to an activating group) is 1. The quantitative estimate of drug-likeness (QED) is 0.790. The van der Waals surface area contributed by atoms with E-state index in [2.05, 4.69) is 17.9 Å². The Morgan fingerprint density at radius 2 is 2.29 bits per heavy atom. The van der Waals surface area contributed by atoms with Crippen molar-refractivity contribution in [2.24, 2.45) is 0 Å². The third-order valence-electron chi connectivity index (χ3n) is 2.21. The van der Waals surface area contributed by atoms with E-state index in [-0.39, 0.29) is 11.8 Å². The average Bonchev–Trinajstić information content (AvgIpc) is 2.77. The largest absolute Gasteiger partial charge is 0.344 e. The van der Waals surface area contributed by atoms with E-state index >= 15 is 0 Å². The van der Waals surface area contributed by atoms with Crippen molar-refractivity contribution in [3.63, 3.8) is 0 Å². The van der Waals surface area contributed by atoms with E-state index in [1.165, 1.54) is 6.92 Å². The van der Waals surface area contributed by atoms with Crippen LogP contribution in [0.5, 0.6) is 0 Å². The summed E-state index contributed by atoms with van der Waals surface area (Å²) in [6.45, 7) is 1.95. The summed E-state index contributed by atoms with van der Waals surface area (Å²) in [5, 5.41) is 4.56. The maximum absolute atomic E-state index is 12.0. The molecule has 0 saturated heterocycles. The fourth-order valence-corrected chi connectivity index (χ4v) is 2.42. The molecule has 94 valence electrons. The van der Waals surface area contributed by atoms with Crippen LogP contribution in [0, 0.1) is 0 Å². The smallest absolute Gasteiger partial charge is 0.246 e. The van der Waals surface area contributed by atoms with Gasteiger partial charge in [-0.05, 0) is 11.4 Å². The average molecular weight is 272 g/mol. The maximum Gasteiger partial charge on any atom is 0.246 e. The molecule has 1 unspecified atom stereocenters. The molecule has 1 aromatic heterocycles. The van der Waals surface area contributed by atoms with Crippen LogP contribution in [-0.4, -0.2) is 35.6 Å². The Labute approximate surface area is 110 Å². The lowest BCUT2D eigenvalue weighted by Crippen LogP contribution is -2.47. The fraction of sp³-hybridized carbons (Fsp3) is 0.455. The SMILES string of the molecule is CC(=O)NC(CS)C(=O)N(C)Cc1cccs1. The number of amides is 2. The van der Waals surface area contributed by atoms with E-state index in [1.54, 1.807) is 23.3 Å². The van der Waals surface area contributed by atoms with Gasteiger partial charge in [0.25, 0.3) is 0 Å². The predicted octanol–water partition coefficient (Wildman–Crippen LogP) is 1.14. The molecule has 0 aliphatic rings. The van der Waals surface area contributed by atoms with Crippen molar-refractivity contribution in [3.05, 3.63) is 22.4 Å². The van der Waals surface area contributed by atoms with Gasteiger partial charge in [0.1, 0.15) is 6.04 Å². The zero-order valence-corrected chi connectivity index (χ0v) is 11.6. The number of nitrogens with zero attached hydrogens (tertiary/aromatic N) is 1. The number of hydrogen-bond acceptors (Lipinski definition) is 4. The molecule has 2 amide bonds. The summed E-state index contributed by atoms with van der Waals surface area (Å²) >= 11 is 5.68. The molecular formula is C11H16N2O2S2. The van der Waals surface area contributed by atoms with Crippen LogP contribution in [0.4, 0.5) is 0 Å². The summed E-state index contributed by atoms with van der Waals surface area (Å²) in [4.78, 5) is 25.7. The topological polar surface area (TPSA) is 49.4 Å². The second-order valence-electron chi connectivity index (χ2n) is 3.71. The molecule has 0 saturated carbocycles. The third kappa shape index (κ3) is 4.40. The standard InChI is InChI=1S/C11H16N2O2S2/c1-8(14)12-10(7-16)11(15)13(2)6-9-4-3-5-17-9/h3-5,10,16H,6-7H2,1-2H3,(H,12,14). The molecule has 0 spiro atoms. The van der Waals surface area contributed by atoms with E-state index in [1.807, 2.05) is 17.5 Å². The lowest BCUT2D eigenvalue weighted by Gasteiger charge is -2.22. The lowest BCUT2D eigenvalue weighted by molar-refractivity contribution is -0.134. The number of thiophene rings is 1. The fourth-order valence-electron chi connectivity index (χ4n) is 1.41. The van der Waals surface area contributed by atoms with Gasteiger partial charge in [0.2, 0.25) is 11.8 Å². The minimum Gasteiger partial charge on any atom is -0.344 e. The molecule has 1 heterocycles. The van der Waals surface area contributed by atoms with Crippen molar-refractivity contribution in [2.45, 2.75) is 19.5 Å². The summed E-state index contributed by atoms with van der Waals surface area (Å²) in [7, 11) is 1.72. The Morgan fingerprint density at radius 3 is 2.76 bits per heavy atom. The Bertz CT molecular complexity index is 379. The van der Waals surface area contributed by atoms with Crippen molar-refractivity contribution in [2.75, 3.05) is 12.8 Å². The number of thiol groups is 1. The first-order valence-corrected chi connectivity index (χ1v) is 6.71. The molecule has 1 N–H and O–H groups in total.